The predicted octanol–water partition coefficient (Wildman–Crippen LogP) is 2.79. The minimum atomic E-state index is -0.0770. The Morgan fingerprint density at radius 1 is 0.762 bits per heavy atom. The molecule has 110 valence electrons. The van der Waals surface area contributed by atoms with Crippen molar-refractivity contribution in [2.45, 2.75) is 39.5 Å². The average molecular weight is 286 g/mol. The first-order valence-electron chi connectivity index (χ1n) is 6.97. The monoisotopic (exact) mass is 286 g/mol. The molecule has 0 saturated heterocycles. The van der Waals surface area contributed by atoms with Crippen molar-refractivity contribution < 1.29 is 19.2 Å². The van der Waals surface area contributed by atoms with E-state index in [9.17, 15) is 19.2 Å². The summed E-state index contributed by atoms with van der Waals surface area (Å²) in [6.07, 6.45) is 1.36. The van der Waals surface area contributed by atoms with Gasteiger partial charge in [0, 0.05) is 24.0 Å². The van der Waals surface area contributed by atoms with E-state index in [2.05, 4.69) is 0 Å². The number of carbonyl (C=O) groups excluding carboxylic acids is 4. The molecule has 21 heavy (non-hydrogen) atoms. The Bertz CT molecular complexity index is 574. The molecular weight excluding hydrogens is 268 g/mol. The van der Waals surface area contributed by atoms with Crippen LogP contribution in [0.1, 0.15) is 60.2 Å². The number of benzene rings is 1. The molecule has 0 amide bonds. The summed E-state index contributed by atoms with van der Waals surface area (Å²) in [7, 11) is 0. The van der Waals surface area contributed by atoms with Gasteiger partial charge in [-0.25, -0.2) is 0 Å². The van der Waals surface area contributed by atoms with Crippen molar-refractivity contribution in [3.05, 3.63) is 35.4 Å². The van der Waals surface area contributed by atoms with Crippen LogP contribution in [-0.2, 0) is 9.59 Å². The fourth-order valence-electron chi connectivity index (χ4n) is 2.78. The Kier molecular flexibility index (Phi) is 4.16. The zero-order chi connectivity index (χ0) is 15.6. The van der Waals surface area contributed by atoms with Crippen molar-refractivity contribution in [1.29, 1.82) is 0 Å². The highest BCUT2D eigenvalue weighted by Crippen LogP contribution is 2.30. The van der Waals surface area contributed by atoms with E-state index >= 15 is 0 Å². The van der Waals surface area contributed by atoms with Crippen LogP contribution >= 0.6 is 0 Å². The van der Waals surface area contributed by atoms with Crippen LogP contribution in [0.25, 0.3) is 0 Å². The molecule has 4 nitrogen and oxygen atoms in total. The van der Waals surface area contributed by atoms with Gasteiger partial charge in [0.05, 0.1) is 12.8 Å². The second-order valence-electron chi connectivity index (χ2n) is 6.34. The maximum absolute atomic E-state index is 11.1. The third-order valence-corrected chi connectivity index (χ3v) is 3.59. The zero-order valence-corrected chi connectivity index (χ0v) is 12.3. The van der Waals surface area contributed by atoms with Gasteiger partial charge < -0.3 is 0 Å². The lowest BCUT2D eigenvalue weighted by Crippen LogP contribution is -2.28. The second kappa shape index (κ2) is 5.72. The maximum Gasteiger partial charge on any atom is 0.171 e. The van der Waals surface area contributed by atoms with E-state index in [0.29, 0.717) is 24.0 Å². The summed E-state index contributed by atoms with van der Waals surface area (Å²) in [5.41, 5.74) is 1.09. The van der Waals surface area contributed by atoms with Crippen LogP contribution in [0.4, 0.5) is 0 Å². The number of ketones is 4. The Hall–Kier alpha value is -2.10. The number of Topliss-reactive ketones (excluding diaryl/α,β-unsaturated/α-hetero) is 4. The molecule has 0 atom stereocenters. The molecule has 2 aliphatic rings. The van der Waals surface area contributed by atoms with E-state index in [4.69, 9.17) is 0 Å². The first kappa shape index (κ1) is 15.3. The summed E-state index contributed by atoms with van der Waals surface area (Å²) in [6.45, 7) is 3.92. The molecule has 0 spiro atoms. The van der Waals surface area contributed by atoms with Gasteiger partial charge in [-0.15, -0.1) is 0 Å². The lowest BCUT2D eigenvalue weighted by molar-refractivity contribution is -0.133. The van der Waals surface area contributed by atoms with Gasteiger partial charge >= 0.3 is 0 Å². The maximum atomic E-state index is 11.1. The van der Waals surface area contributed by atoms with E-state index in [-0.39, 0.29) is 41.4 Å². The number of rotatable bonds is 0. The topological polar surface area (TPSA) is 68.3 Å². The highest BCUT2D eigenvalue weighted by atomic mass is 16.2. The normalized spacial score (nSPS) is 19.9. The molecule has 4 heteroatoms. The van der Waals surface area contributed by atoms with E-state index in [1.165, 1.54) is 0 Å². The third-order valence-electron chi connectivity index (χ3n) is 3.59. The summed E-state index contributed by atoms with van der Waals surface area (Å²) < 4.78 is 0. The summed E-state index contributed by atoms with van der Waals surface area (Å²) in [5.74, 6) is 0.0960. The molecular formula is C17H18O4. The van der Waals surface area contributed by atoms with Gasteiger partial charge in [0.1, 0.15) is 11.6 Å². The first-order chi connectivity index (χ1) is 9.78. The minimum absolute atomic E-state index is 0.0504. The van der Waals surface area contributed by atoms with Crippen LogP contribution in [0.2, 0.25) is 0 Å². The lowest BCUT2D eigenvalue weighted by atomic mass is 9.76. The van der Waals surface area contributed by atoms with Crippen molar-refractivity contribution in [3.8, 4) is 0 Å². The van der Waals surface area contributed by atoms with Crippen molar-refractivity contribution in [2.75, 3.05) is 0 Å². The van der Waals surface area contributed by atoms with Gasteiger partial charge in [-0.2, -0.15) is 0 Å². The van der Waals surface area contributed by atoms with E-state index in [0.717, 1.165) is 0 Å². The largest absolute Gasteiger partial charge is 0.299 e. The highest BCUT2D eigenvalue weighted by Gasteiger charge is 2.31. The van der Waals surface area contributed by atoms with Crippen molar-refractivity contribution >= 4 is 23.1 Å². The molecule has 1 saturated carbocycles. The molecule has 1 aromatic carbocycles. The summed E-state index contributed by atoms with van der Waals surface area (Å²) in [6, 6.07) is 6.94. The number of hydrogen-bond donors (Lipinski definition) is 0. The molecule has 1 fully saturated rings. The van der Waals surface area contributed by atoms with Gasteiger partial charge in [0.25, 0.3) is 0 Å². The van der Waals surface area contributed by atoms with Gasteiger partial charge in [0.15, 0.2) is 11.6 Å². The molecule has 0 unspecified atom stereocenters. The fraction of sp³-hybridized carbons (Fsp3) is 0.412. The van der Waals surface area contributed by atoms with Crippen LogP contribution in [-0.4, -0.2) is 23.1 Å². The SMILES string of the molecule is CC1(C)CC(=O)CC(=O)C1.O=C1CC(=O)c2ccccc21. The van der Waals surface area contributed by atoms with Crippen LogP contribution in [0.15, 0.2) is 24.3 Å². The van der Waals surface area contributed by atoms with E-state index in [1.54, 1.807) is 24.3 Å². The molecule has 1 aromatic rings. The second-order valence-corrected chi connectivity index (χ2v) is 6.34. The first-order valence-corrected chi connectivity index (χ1v) is 6.97. The molecule has 0 heterocycles. The van der Waals surface area contributed by atoms with Crippen molar-refractivity contribution in [1.82, 2.24) is 0 Å². The van der Waals surface area contributed by atoms with Crippen LogP contribution < -0.4 is 0 Å². The Morgan fingerprint density at radius 3 is 1.57 bits per heavy atom. The summed E-state index contributed by atoms with van der Waals surface area (Å²) in [4.78, 5) is 43.8. The standard InChI is InChI=1S/C9H6O2.C8H12O2/c10-8-5-9(11)7-4-2-1-3-6(7)8;1-8(2)4-6(9)3-7(10)5-8/h1-4H,5H2;3-5H2,1-2H3. The molecule has 0 radical (unpaired) electrons. The Labute approximate surface area is 123 Å². The minimum Gasteiger partial charge on any atom is -0.299 e. The molecule has 3 rings (SSSR count). The van der Waals surface area contributed by atoms with Gasteiger partial charge in [-0.05, 0) is 5.41 Å². The molecule has 0 aromatic heterocycles. The number of fused-ring (bicyclic) bond motifs is 1. The quantitative estimate of drug-likeness (QED) is 0.688. The van der Waals surface area contributed by atoms with E-state index < -0.39 is 0 Å². The fourth-order valence-corrected chi connectivity index (χ4v) is 2.78. The molecule has 0 N–H and O–H groups in total. The molecule has 0 bridgehead atoms. The van der Waals surface area contributed by atoms with Gasteiger partial charge in [-0.3, -0.25) is 19.2 Å². The third kappa shape index (κ3) is 3.72. The van der Waals surface area contributed by atoms with Crippen molar-refractivity contribution in [2.24, 2.45) is 5.41 Å². The average Bonchev–Trinajstić information content (AvgIpc) is 2.63. The number of hydrogen-bond acceptors (Lipinski definition) is 4. The van der Waals surface area contributed by atoms with Gasteiger partial charge in [-0.1, -0.05) is 38.1 Å². The van der Waals surface area contributed by atoms with E-state index in [1.807, 2.05) is 13.8 Å². The van der Waals surface area contributed by atoms with Crippen molar-refractivity contribution in [3.63, 3.8) is 0 Å². The lowest BCUT2D eigenvalue weighted by Gasteiger charge is -2.26. The Morgan fingerprint density at radius 2 is 1.19 bits per heavy atom. The smallest absolute Gasteiger partial charge is 0.171 e. The van der Waals surface area contributed by atoms with Crippen LogP contribution in [0.3, 0.4) is 0 Å². The van der Waals surface area contributed by atoms with Crippen LogP contribution in [0, 0.1) is 5.41 Å². The highest BCUT2D eigenvalue weighted by molar-refractivity contribution is 6.24. The Balaban J connectivity index is 0.000000155. The van der Waals surface area contributed by atoms with Gasteiger partial charge in [0.2, 0.25) is 0 Å². The summed E-state index contributed by atoms with van der Waals surface area (Å²) >= 11 is 0. The predicted molar refractivity (Wildman–Crippen MR) is 77.4 cm³/mol. The van der Waals surface area contributed by atoms with Crippen LogP contribution in [0.5, 0.6) is 0 Å². The molecule has 2 aliphatic carbocycles. The zero-order valence-electron chi connectivity index (χ0n) is 12.3. The number of carbonyl (C=O) groups is 4. The molecule has 0 aliphatic heterocycles. The summed E-state index contributed by atoms with van der Waals surface area (Å²) in [5, 5.41) is 0.